The molecule has 14 heteroatoms. The van der Waals surface area contributed by atoms with Crippen LogP contribution in [-0.4, -0.2) is 66.2 Å². The second-order valence-electron chi connectivity index (χ2n) is 8.89. The van der Waals surface area contributed by atoms with Crippen LogP contribution in [0.1, 0.15) is 37.9 Å². The zero-order chi connectivity index (χ0) is 29.2. The number of carboxylic acid groups (broad SMARTS) is 1. The first-order chi connectivity index (χ1) is 18.3. The number of likely N-dealkylation sites (tertiary alicyclic amines) is 1. The first-order valence-corrected chi connectivity index (χ1v) is 14.0. The van der Waals surface area contributed by atoms with Crippen molar-refractivity contribution >= 4 is 33.5 Å². The second-order valence-corrected chi connectivity index (χ2v) is 10.6. The molecule has 2 aromatic rings. The van der Waals surface area contributed by atoms with E-state index >= 15 is 0 Å². The van der Waals surface area contributed by atoms with Crippen LogP contribution >= 0.6 is 0 Å². The zero-order valence-electron chi connectivity index (χ0n) is 22.2. The summed E-state index contributed by atoms with van der Waals surface area (Å²) in [5.41, 5.74) is 6.02. The predicted octanol–water partition coefficient (Wildman–Crippen LogP) is 1.03. The van der Waals surface area contributed by atoms with Crippen LogP contribution in [0.15, 0.2) is 47.3 Å². The number of carbonyl (C=O) groups excluding carboxylic acids is 1. The fourth-order valence-corrected chi connectivity index (χ4v) is 5.28. The highest BCUT2D eigenvalue weighted by Crippen LogP contribution is 2.19. The molecule has 1 saturated heterocycles. The molecule has 2 unspecified atom stereocenters. The van der Waals surface area contributed by atoms with E-state index in [4.69, 9.17) is 25.8 Å². The first kappa shape index (κ1) is 31.3. The lowest BCUT2D eigenvalue weighted by atomic mass is 10.0. The maximum Gasteiger partial charge on any atom is 0.300 e. The van der Waals surface area contributed by atoms with E-state index in [0.29, 0.717) is 37.3 Å². The van der Waals surface area contributed by atoms with Crippen LogP contribution in [-0.2, 0) is 36.6 Å². The average Bonchev–Trinajstić information content (AvgIpc) is 2.84. The molecule has 39 heavy (non-hydrogen) atoms. The summed E-state index contributed by atoms with van der Waals surface area (Å²) in [7, 11) is -3.84. The van der Waals surface area contributed by atoms with E-state index in [1.165, 1.54) is 10.6 Å². The highest BCUT2D eigenvalue weighted by Gasteiger charge is 2.34. The summed E-state index contributed by atoms with van der Waals surface area (Å²) in [6.45, 7) is 5.20. The highest BCUT2D eigenvalue weighted by molar-refractivity contribution is 7.91. The summed E-state index contributed by atoms with van der Waals surface area (Å²) < 4.78 is 34.5. The van der Waals surface area contributed by atoms with E-state index < -0.39 is 39.7 Å². The average molecular weight is 565 g/mol. The molecular weight excluding hydrogens is 528 g/mol. The van der Waals surface area contributed by atoms with Gasteiger partial charge < -0.3 is 30.4 Å². The van der Waals surface area contributed by atoms with Crippen LogP contribution < -0.4 is 21.3 Å². The van der Waals surface area contributed by atoms with Crippen LogP contribution in [0.2, 0.25) is 0 Å². The van der Waals surface area contributed by atoms with Gasteiger partial charge in [-0.3, -0.25) is 24.5 Å². The maximum atomic E-state index is 13.0. The monoisotopic (exact) mass is 564 g/mol. The predicted molar refractivity (Wildman–Crippen MR) is 147 cm³/mol. The fourth-order valence-electron chi connectivity index (χ4n) is 4.08. The molecular formula is C25H36N6O7S. The Morgan fingerprint density at radius 1 is 1.21 bits per heavy atom. The second kappa shape index (κ2) is 14.3. The number of carbonyl (C=O) groups is 2. The molecule has 2 heterocycles. The standard InChI is InChI=1S/C23H32N6O5S.C2H4O2/c1-3-34-22-19(10-7-13-28(22)23(24)25)26-20(30)14-29-16(2)11-12-18(21(29)31)27-35(32,33)15-17-8-5-4-6-9-17;1-2(3)4/h4-6,8-9,11-12,19,22,27H,3,7,10,13-15H2,1-2H3,(H3,24,25)(H,26,30);1H3,(H,3,4). The highest BCUT2D eigenvalue weighted by atomic mass is 32.2. The Morgan fingerprint density at radius 2 is 1.85 bits per heavy atom. The molecule has 0 bridgehead atoms. The number of nitrogens with two attached hydrogens (primary N) is 1. The first-order valence-electron chi connectivity index (χ1n) is 12.3. The number of aryl methyl sites for hydroxylation is 1. The van der Waals surface area contributed by atoms with Gasteiger partial charge in [0.25, 0.3) is 11.5 Å². The zero-order valence-corrected chi connectivity index (χ0v) is 23.0. The van der Waals surface area contributed by atoms with Gasteiger partial charge in [-0.1, -0.05) is 30.3 Å². The lowest BCUT2D eigenvalue weighted by molar-refractivity contribution is -0.134. The Balaban J connectivity index is 0.00000124. The van der Waals surface area contributed by atoms with Crippen molar-refractivity contribution in [2.24, 2.45) is 5.73 Å². The molecule has 0 saturated carbocycles. The lowest BCUT2D eigenvalue weighted by Gasteiger charge is -2.41. The van der Waals surface area contributed by atoms with Gasteiger partial charge >= 0.3 is 0 Å². The number of pyridine rings is 1. The number of aromatic nitrogens is 1. The van der Waals surface area contributed by atoms with Crippen molar-refractivity contribution in [3.8, 4) is 0 Å². The molecule has 1 fully saturated rings. The fraction of sp³-hybridized carbons (Fsp3) is 0.440. The summed E-state index contributed by atoms with van der Waals surface area (Å²) in [5, 5.41) is 18.1. The number of anilines is 1. The molecule has 1 aromatic carbocycles. The number of guanidine groups is 1. The molecule has 0 aliphatic carbocycles. The lowest BCUT2D eigenvalue weighted by Crippen LogP contribution is -2.60. The third-order valence-electron chi connectivity index (χ3n) is 5.72. The molecule has 0 spiro atoms. The number of nitrogens with zero attached hydrogens (tertiary/aromatic N) is 2. The molecule has 1 amide bonds. The summed E-state index contributed by atoms with van der Waals surface area (Å²) in [6.07, 6.45) is 0.767. The van der Waals surface area contributed by atoms with Gasteiger partial charge in [0.1, 0.15) is 12.2 Å². The van der Waals surface area contributed by atoms with E-state index in [9.17, 15) is 18.0 Å². The normalized spacial score (nSPS) is 16.9. The van der Waals surface area contributed by atoms with Crippen molar-refractivity contribution in [1.82, 2.24) is 14.8 Å². The van der Waals surface area contributed by atoms with Crippen molar-refractivity contribution in [2.75, 3.05) is 17.9 Å². The molecule has 214 valence electrons. The minimum absolute atomic E-state index is 0.132. The number of nitrogens with one attached hydrogen (secondary N) is 3. The van der Waals surface area contributed by atoms with E-state index in [0.717, 1.165) is 6.92 Å². The number of hydrogen-bond acceptors (Lipinski definition) is 7. The number of rotatable bonds is 9. The molecule has 3 rings (SSSR count). The third kappa shape index (κ3) is 9.72. The quantitative estimate of drug-likeness (QED) is 0.218. The summed E-state index contributed by atoms with van der Waals surface area (Å²) in [5.74, 6) is -1.68. The van der Waals surface area contributed by atoms with Crippen LogP contribution in [0.25, 0.3) is 0 Å². The summed E-state index contributed by atoms with van der Waals surface area (Å²) >= 11 is 0. The summed E-state index contributed by atoms with van der Waals surface area (Å²) in [4.78, 5) is 36.5. The number of hydrogen-bond donors (Lipinski definition) is 5. The molecule has 6 N–H and O–H groups in total. The van der Waals surface area contributed by atoms with Crippen molar-refractivity contribution in [2.45, 2.75) is 58.2 Å². The number of aliphatic carboxylic acids is 1. The number of amides is 1. The molecule has 1 aliphatic heterocycles. The number of carboxylic acids is 1. The van der Waals surface area contributed by atoms with Crippen molar-refractivity contribution in [3.63, 3.8) is 0 Å². The third-order valence-corrected chi connectivity index (χ3v) is 6.96. The van der Waals surface area contributed by atoms with Gasteiger partial charge in [0.2, 0.25) is 15.9 Å². The molecule has 1 aliphatic rings. The summed E-state index contributed by atoms with van der Waals surface area (Å²) in [6, 6.07) is 11.2. The van der Waals surface area contributed by atoms with Gasteiger partial charge in [0, 0.05) is 25.8 Å². The van der Waals surface area contributed by atoms with Crippen LogP contribution in [0.3, 0.4) is 0 Å². The number of benzene rings is 1. The molecule has 1 aromatic heterocycles. The SMILES string of the molecule is CC(=O)O.CCOC1C(NC(=O)Cn2c(C)ccc(NS(=O)(=O)Cc3ccccc3)c2=O)CCCN1C(=N)N. The Kier molecular flexibility index (Phi) is 11.5. The van der Waals surface area contributed by atoms with Gasteiger partial charge in [-0.2, -0.15) is 0 Å². The molecule has 13 nitrogen and oxygen atoms in total. The van der Waals surface area contributed by atoms with E-state index in [1.807, 2.05) is 6.92 Å². The minimum atomic E-state index is -3.84. The number of piperidine rings is 1. The Bertz CT molecular complexity index is 1310. The maximum absolute atomic E-state index is 13.0. The van der Waals surface area contributed by atoms with Gasteiger partial charge in [-0.25, -0.2) is 8.42 Å². The van der Waals surface area contributed by atoms with Crippen LogP contribution in [0.5, 0.6) is 0 Å². The van der Waals surface area contributed by atoms with Crippen molar-refractivity contribution < 1.29 is 27.9 Å². The molecule has 2 atom stereocenters. The Morgan fingerprint density at radius 3 is 2.44 bits per heavy atom. The van der Waals surface area contributed by atoms with E-state index in [-0.39, 0.29) is 23.9 Å². The van der Waals surface area contributed by atoms with Gasteiger partial charge in [-0.15, -0.1) is 0 Å². The van der Waals surface area contributed by atoms with Crippen LogP contribution in [0.4, 0.5) is 5.69 Å². The number of sulfonamides is 1. The molecule has 0 radical (unpaired) electrons. The smallest absolute Gasteiger partial charge is 0.300 e. The van der Waals surface area contributed by atoms with Crippen molar-refractivity contribution in [3.05, 3.63) is 64.1 Å². The van der Waals surface area contributed by atoms with E-state index in [2.05, 4.69) is 10.0 Å². The largest absolute Gasteiger partial charge is 0.481 e. The van der Waals surface area contributed by atoms with Gasteiger partial charge in [0.05, 0.1) is 11.8 Å². The van der Waals surface area contributed by atoms with Gasteiger partial charge in [0.15, 0.2) is 12.2 Å². The number of ether oxygens (including phenoxy) is 1. The Hall–Kier alpha value is -3.91. The van der Waals surface area contributed by atoms with Crippen molar-refractivity contribution in [1.29, 1.82) is 5.41 Å². The van der Waals surface area contributed by atoms with Crippen LogP contribution in [0, 0.1) is 12.3 Å². The van der Waals surface area contributed by atoms with E-state index in [1.54, 1.807) is 48.2 Å². The topological polar surface area (TPSA) is 197 Å². The van der Waals surface area contributed by atoms with Gasteiger partial charge in [-0.05, 0) is 44.4 Å². The minimum Gasteiger partial charge on any atom is -0.481 e. The Labute approximate surface area is 227 Å².